The lowest BCUT2D eigenvalue weighted by atomic mass is 9.95. The standard InChI is InChI=1S/C11H15NO/c12-11-3-1-2-10(11)8-4-6-9(13)7-5-8/h4-7,10-11,13H,1-3,12H2. The molecule has 1 fully saturated rings. The number of hydrogen-bond donors (Lipinski definition) is 2. The van der Waals surface area contributed by atoms with Crippen LogP contribution in [0, 0.1) is 0 Å². The maximum Gasteiger partial charge on any atom is 0.115 e. The summed E-state index contributed by atoms with van der Waals surface area (Å²) in [5.74, 6) is 0.830. The smallest absolute Gasteiger partial charge is 0.115 e. The molecule has 2 atom stereocenters. The quantitative estimate of drug-likeness (QED) is 0.689. The van der Waals surface area contributed by atoms with Gasteiger partial charge in [-0.2, -0.15) is 0 Å². The number of benzene rings is 1. The molecular formula is C11H15NO. The summed E-state index contributed by atoms with van der Waals surface area (Å²) in [5.41, 5.74) is 7.25. The zero-order valence-corrected chi connectivity index (χ0v) is 7.61. The molecule has 2 heteroatoms. The zero-order valence-electron chi connectivity index (χ0n) is 7.61. The fourth-order valence-corrected chi connectivity index (χ4v) is 2.12. The van der Waals surface area contributed by atoms with Gasteiger partial charge >= 0.3 is 0 Å². The van der Waals surface area contributed by atoms with E-state index in [0.29, 0.717) is 17.7 Å². The van der Waals surface area contributed by atoms with Crippen molar-refractivity contribution >= 4 is 0 Å². The molecule has 0 amide bonds. The Hall–Kier alpha value is -1.02. The van der Waals surface area contributed by atoms with Crippen LogP contribution in [0.25, 0.3) is 0 Å². The predicted molar refractivity (Wildman–Crippen MR) is 52.7 cm³/mol. The molecular weight excluding hydrogens is 162 g/mol. The third-order valence-corrected chi connectivity index (χ3v) is 2.89. The Morgan fingerprint density at radius 1 is 1.15 bits per heavy atom. The molecule has 1 aliphatic carbocycles. The first-order valence-corrected chi connectivity index (χ1v) is 4.82. The molecule has 0 radical (unpaired) electrons. The average Bonchev–Trinajstić information content (AvgIpc) is 2.53. The maximum absolute atomic E-state index is 9.13. The molecule has 1 aromatic rings. The summed E-state index contributed by atoms with van der Waals surface area (Å²) in [5, 5.41) is 9.13. The van der Waals surface area contributed by atoms with Crippen LogP contribution in [0.2, 0.25) is 0 Å². The van der Waals surface area contributed by atoms with Crippen LogP contribution in [0.1, 0.15) is 30.7 Å². The highest BCUT2D eigenvalue weighted by molar-refractivity contribution is 5.29. The molecule has 70 valence electrons. The predicted octanol–water partition coefficient (Wildman–Crippen LogP) is 1.99. The number of aromatic hydroxyl groups is 1. The minimum Gasteiger partial charge on any atom is -0.508 e. The Labute approximate surface area is 78.4 Å². The van der Waals surface area contributed by atoms with Crippen molar-refractivity contribution in [3.05, 3.63) is 29.8 Å². The Morgan fingerprint density at radius 3 is 2.38 bits per heavy atom. The van der Waals surface area contributed by atoms with E-state index in [2.05, 4.69) is 0 Å². The Kier molecular flexibility index (Phi) is 2.23. The van der Waals surface area contributed by atoms with Crippen molar-refractivity contribution in [1.82, 2.24) is 0 Å². The average molecular weight is 177 g/mol. The SMILES string of the molecule is NC1CCCC1c1ccc(O)cc1. The van der Waals surface area contributed by atoms with Crippen molar-refractivity contribution in [3.63, 3.8) is 0 Å². The van der Waals surface area contributed by atoms with E-state index >= 15 is 0 Å². The fraction of sp³-hybridized carbons (Fsp3) is 0.455. The minimum atomic E-state index is 0.310. The number of rotatable bonds is 1. The van der Waals surface area contributed by atoms with Gasteiger partial charge in [0.1, 0.15) is 5.75 Å². The van der Waals surface area contributed by atoms with Gasteiger partial charge in [-0.3, -0.25) is 0 Å². The Morgan fingerprint density at radius 2 is 1.85 bits per heavy atom. The van der Waals surface area contributed by atoms with Gasteiger partial charge in [-0.15, -0.1) is 0 Å². The van der Waals surface area contributed by atoms with Crippen molar-refractivity contribution < 1.29 is 5.11 Å². The molecule has 1 aliphatic rings. The third-order valence-electron chi connectivity index (χ3n) is 2.89. The molecule has 0 heterocycles. The summed E-state index contributed by atoms with van der Waals surface area (Å²) in [6.45, 7) is 0. The molecule has 0 bridgehead atoms. The first kappa shape index (κ1) is 8.57. The van der Waals surface area contributed by atoms with Gasteiger partial charge in [-0.05, 0) is 36.5 Å². The molecule has 0 spiro atoms. The van der Waals surface area contributed by atoms with Crippen molar-refractivity contribution in [2.24, 2.45) is 5.73 Å². The van der Waals surface area contributed by atoms with Gasteiger partial charge in [0.05, 0.1) is 0 Å². The van der Waals surface area contributed by atoms with E-state index in [0.717, 1.165) is 6.42 Å². The zero-order chi connectivity index (χ0) is 9.26. The largest absolute Gasteiger partial charge is 0.508 e. The van der Waals surface area contributed by atoms with Gasteiger partial charge in [0.15, 0.2) is 0 Å². The molecule has 2 nitrogen and oxygen atoms in total. The topological polar surface area (TPSA) is 46.2 Å². The van der Waals surface area contributed by atoms with Crippen molar-refractivity contribution in [2.45, 2.75) is 31.2 Å². The van der Waals surface area contributed by atoms with Gasteiger partial charge in [0.2, 0.25) is 0 Å². The molecule has 2 unspecified atom stereocenters. The summed E-state index contributed by atoms with van der Waals surface area (Å²) >= 11 is 0. The summed E-state index contributed by atoms with van der Waals surface area (Å²) in [6, 6.07) is 7.74. The first-order chi connectivity index (χ1) is 6.27. The summed E-state index contributed by atoms with van der Waals surface area (Å²) < 4.78 is 0. The molecule has 0 aromatic heterocycles. The van der Waals surface area contributed by atoms with Gasteiger partial charge in [-0.25, -0.2) is 0 Å². The second kappa shape index (κ2) is 3.38. The lowest BCUT2D eigenvalue weighted by molar-refractivity contribution is 0.474. The van der Waals surface area contributed by atoms with E-state index in [4.69, 9.17) is 10.8 Å². The number of nitrogens with two attached hydrogens (primary N) is 1. The Balaban J connectivity index is 2.20. The second-order valence-electron chi connectivity index (χ2n) is 3.79. The maximum atomic E-state index is 9.13. The van der Waals surface area contributed by atoms with E-state index in [9.17, 15) is 0 Å². The van der Waals surface area contributed by atoms with Crippen LogP contribution in [0.4, 0.5) is 0 Å². The van der Waals surface area contributed by atoms with Gasteiger partial charge < -0.3 is 10.8 Å². The van der Waals surface area contributed by atoms with Crippen LogP contribution >= 0.6 is 0 Å². The van der Waals surface area contributed by atoms with Crippen molar-refractivity contribution in [3.8, 4) is 5.75 Å². The summed E-state index contributed by atoms with van der Waals surface area (Å²) in [4.78, 5) is 0. The number of hydrogen-bond acceptors (Lipinski definition) is 2. The van der Waals surface area contributed by atoms with Crippen molar-refractivity contribution in [1.29, 1.82) is 0 Å². The normalized spacial score (nSPS) is 27.8. The molecule has 1 aromatic carbocycles. The second-order valence-corrected chi connectivity index (χ2v) is 3.79. The molecule has 0 saturated heterocycles. The van der Waals surface area contributed by atoms with Crippen LogP contribution in [0.3, 0.4) is 0 Å². The number of phenols is 1. The molecule has 2 rings (SSSR count). The lowest BCUT2D eigenvalue weighted by Crippen LogP contribution is -2.22. The molecule has 13 heavy (non-hydrogen) atoms. The summed E-state index contributed by atoms with van der Waals surface area (Å²) in [6.07, 6.45) is 3.55. The fourth-order valence-electron chi connectivity index (χ4n) is 2.12. The summed E-state index contributed by atoms with van der Waals surface area (Å²) in [7, 11) is 0. The van der Waals surface area contributed by atoms with Crippen LogP contribution in [0.15, 0.2) is 24.3 Å². The van der Waals surface area contributed by atoms with Gasteiger partial charge in [0.25, 0.3) is 0 Å². The van der Waals surface area contributed by atoms with Crippen molar-refractivity contribution in [2.75, 3.05) is 0 Å². The van der Waals surface area contributed by atoms with Crippen LogP contribution in [-0.4, -0.2) is 11.1 Å². The Bertz CT molecular complexity index is 281. The molecule has 0 aliphatic heterocycles. The lowest BCUT2D eigenvalue weighted by Gasteiger charge is -2.15. The van der Waals surface area contributed by atoms with Gasteiger partial charge in [0, 0.05) is 6.04 Å². The first-order valence-electron chi connectivity index (χ1n) is 4.82. The highest BCUT2D eigenvalue weighted by Gasteiger charge is 2.24. The van der Waals surface area contributed by atoms with E-state index in [1.165, 1.54) is 18.4 Å². The third kappa shape index (κ3) is 1.68. The molecule has 1 saturated carbocycles. The van der Waals surface area contributed by atoms with Crippen LogP contribution in [0.5, 0.6) is 5.75 Å². The van der Waals surface area contributed by atoms with E-state index in [1.54, 1.807) is 12.1 Å². The number of phenolic OH excluding ortho intramolecular Hbond substituents is 1. The van der Waals surface area contributed by atoms with E-state index in [1.807, 2.05) is 12.1 Å². The van der Waals surface area contributed by atoms with Gasteiger partial charge in [-0.1, -0.05) is 18.6 Å². The highest BCUT2D eigenvalue weighted by Crippen LogP contribution is 2.33. The molecule has 3 N–H and O–H groups in total. The van der Waals surface area contributed by atoms with E-state index in [-0.39, 0.29) is 0 Å². The van der Waals surface area contributed by atoms with Crippen LogP contribution < -0.4 is 5.73 Å². The van der Waals surface area contributed by atoms with E-state index < -0.39 is 0 Å². The monoisotopic (exact) mass is 177 g/mol. The minimum absolute atomic E-state index is 0.310. The van der Waals surface area contributed by atoms with Crippen LogP contribution in [-0.2, 0) is 0 Å². The highest BCUT2D eigenvalue weighted by atomic mass is 16.3.